The van der Waals surface area contributed by atoms with E-state index in [9.17, 15) is 9.59 Å². The third-order valence-corrected chi connectivity index (χ3v) is 6.42. The van der Waals surface area contributed by atoms with Gasteiger partial charge < -0.3 is 16.0 Å². The maximum atomic E-state index is 12.7. The quantitative estimate of drug-likeness (QED) is 0.404. The molecule has 10 nitrogen and oxygen atoms in total. The Balaban J connectivity index is 1.49. The van der Waals surface area contributed by atoms with Crippen LogP contribution in [0.15, 0.2) is 67.6 Å². The molecule has 4 aromatic rings. The zero-order chi connectivity index (χ0) is 25.9. The minimum atomic E-state index is -0.355. The zero-order valence-electron chi connectivity index (χ0n) is 20.0. The predicted molar refractivity (Wildman–Crippen MR) is 138 cm³/mol. The second-order valence-corrected chi connectivity index (χ2v) is 8.67. The normalized spacial score (nSPS) is 15.2. The molecule has 3 aromatic heterocycles. The Labute approximate surface area is 213 Å². The topological polar surface area (TPSA) is 142 Å². The summed E-state index contributed by atoms with van der Waals surface area (Å²) >= 11 is 0. The SMILES string of the molecule is C=CC(=O)N1CCCCC1c1nc(-c2ccc(C(=O)Nc3cc(C#N)ccn3)cc2)c2c(N)nccn12. The van der Waals surface area contributed by atoms with Crippen LogP contribution in [0.5, 0.6) is 0 Å². The number of likely N-dealkylation sites (tertiary alicyclic amines) is 1. The monoisotopic (exact) mass is 492 g/mol. The molecule has 2 amide bonds. The molecule has 4 heterocycles. The average Bonchev–Trinajstić information content (AvgIpc) is 3.33. The van der Waals surface area contributed by atoms with Crippen molar-refractivity contribution in [3.05, 3.63) is 84.6 Å². The van der Waals surface area contributed by atoms with E-state index >= 15 is 0 Å². The summed E-state index contributed by atoms with van der Waals surface area (Å²) in [7, 11) is 0. The number of anilines is 2. The lowest BCUT2D eigenvalue weighted by atomic mass is 10.0. The van der Waals surface area contributed by atoms with Crippen LogP contribution in [0.25, 0.3) is 16.8 Å². The van der Waals surface area contributed by atoms with Crippen LogP contribution < -0.4 is 11.1 Å². The number of nitrogens with one attached hydrogen (secondary N) is 1. The lowest BCUT2D eigenvalue weighted by molar-refractivity contribution is -0.129. The van der Waals surface area contributed by atoms with Crippen molar-refractivity contribution in [1.29, 1.82) is 5.26 Å². The molecule has 1 unspecified atom stereocenters. The molecular weight excluding hydrogens is 468 g/mol. The van der Waals surface area contributed by atoms with Crippen molar-refractivity contribution in [2.24, 2.45) is 0 Å². The van der Waals surface area contributed by atoms with Gasteiger partial charge in [-0.25, -0.2) is 15.0 Å². The maximum absolute atomic E-state index is 12.7. The van der Waals surface area contributed by atoms with Crippen LogP contribution in [0.2, 0.25) is 0 Å². The molecule has 5 rings (SSSR count). The summed E-state index contributed by atoms with van der Waals surface area (Å²) < 4.78 is 1.89. The van der Waals surface area contributed by atoms with Crippen molar-refractivity contribution < 1.29 is 9.59 Å². The van der Waals surface area contributed by atoms with E-state index in [1.807, 2.05) is 10.5 Å². The number of benzene rings is 1. The van der Waals surface area contributed by atoms with Gasteiger partial charge in [-0.05, 0) is 49.6 Å². The van der Waals surface area contributed by atoms with Gasteiger partial charge in [0.15, 0.2) is 0 Å². The van der Waals surface area contributed by atoms with Crippen LogP contribution in [0, 0.1) is 11.3 Å². The molecule has 1 aliphatic rings. The van der Waals surface area contributed by atoms with Crippen LogP contribution in [0.3, 0.4) is 0 Å². The fourth-order valence-corrected chi connectivity index (χ4v) is 4.64. The van der Waals surface area contributed by atoms with E-state index in [0.29, 0.717) is 46.3 Å². The summed E-state index contributed by atoms with van der Waals surface area (Å²) in [5.41, 5.74) is 9.11. The minimum Gasteiger partial charge on any atom is -0.382 e. The molecule has 1 fully saturated rings. The molecular formula is C27H24N8O2. The Kier molecular flexibility index (Phi) is 6.34. The van der Waals surface area contributed by atoms with E-state index in [4.69, 9.17) is 16.0 Å². The summed E-state index contributed by atoms with van der Waals surface area (Å²) in [6.45, 7) is 4.29. The molecule has 0 spiro atoms. The number of amides is 2. The van der Waals surface area contributed by atoms with Gasteiger partial charge in [0.1, 0.15) is 28.7 Å². The third-order valence-electron chi connectivity index (χ3n) is 6.42. The number of carbonyl (C=O) groups is 2. The lowest BCUT2D eigenvalue weighted by Crippen LogP contribution is -2.38. The first-order chi connectivity index (χ1) is 18.0. The third kappa shape index (κ3) is 4.50. The summed E-state index contributed by atoms with van der Waals surface area (Å²) in [5.74, 6) is 0.836. The van der Waals surface area contributed by atoms with Crippen molar-refractivity contribution in [3.63, 3.8) is 0 Å². The Morgan fingerprint density at radius 2 is 1.97 bits per heavy atom. The molecule has 1 aromatic carbocycles. The van der Waals surface area contributed by atoms with Gasteiger partial charge in [-0.1, -0.05) is 18.7 Å². The second kappa shape index (κ2) is 9.91. The number of piperidine rings is 1. The molecule has 0 aliphatic carbocycles. The molecule has 37 heavy (non-hydrogen) atoms. The van der Waals surface area contributed by atoms with Crippen LogP contribution in [-0.4, -0.2) is 42.6 Å². The number of nitriles is 1. The van der Waals surface area contributed by atoms with Crippen LogP contribution >= 0.6 is 0 Å². The summed E-state index contributed by atoms with van der Waals surface area (Å²) in [4.78, 5) is 40.4. The fraction of sp³-hybridized carbons (Fsp3) is 0.185. The van der Waals surface area contributed by atoms with Crippen molar-refractivity contribution in [3.8, 4) is 17.3 Å². The molecule has 1 aliphatic heterocycles. The Morgan fingerprint density at radius 3 is 2.73 bits per heavy atom. The molecule has 10 heteroatoms. The predicted octanol–water partition coefficient (Wildman–Crippen LogP) is 3.74. The van der Waals surface area contributed by atoms with Gasteiger partial charge in [0, 0.05) is 36.3 Å². The highest BCUT2D eigenvalue weighted by atomic mass is 16.2. The van der Waals surface area contributed by atoms with Crippen molar-refractivity contribution in [2.75, 3.05) is 17.6 Å². The molecule has 0 saturated carbocycles. The van der Waals surface area contributed by atoms with E-state index in [1.165, 1.54) is 18.3 Å². The lowest BCUT2D eigenvalue weighted by Gasteiger charge is -2.34. The highest BCUT2D eigenvalue weighted by Crippen LogP contribution is 2.36. The van der Waals surface area contributed by atoms with Crippen molar-refractivity contribution in [2.45, 2.75) is 25.3 Å². The molecule has 0 radical (unpaired) electrons. The maximum Gasteiger partial charge on any atom is 0.256 e. The molecule has 1 atom stereocenters. The number of hydrogen-bond acceptors (Lipinski definition) is 7. The van der Waals surface area contributed by atoms with Gasteiger partial charge in [-0.3, -0.25) is 14.0 Å². The van der Waals surface area contributed by atoms with E-state index < -0.39 is 0 Å². The van der Waals surface area contributed by atoms with Crippen LogP contribution in [0.4, 0.5) is 11.6 Å². The first-order valence-corrected chi connectivity index (χ1v) is 11.8. The van der Waals surface area contributed by atoms with E-state index in [1.54, 1.807) is 47.6 Å². The van der Waals surface area contributed by atoms with Crippen LogP contribution in [0.1, 0.15) is 47.1 Å². The molecule has 184 valence electrons. The second-order valence-electron chi connectivity index (χ2n) is 8.67. The number of nitrogen functional groups attached to an aromatic ring is 1. The van der Waals surface area contributed by atoms with Gasteiger partial charge in [-0.15, -0.1) is 0 Å². The standard InChI is InChI=1S/C27H24N8O2/c1-2-22(36)34-13-4-3-5-20(34)26-33-23(24-25(29)31-12-14-35(24)26)18-6-8-19(9-7-18)27(37)32-21-15-17(16-28)10-11-30-21/h2,6-12,14-15,20H,1,3-5,13H2,(H2,29,31)(H,30,32,37). The Hall–Kier alpha value is -5.04. The first kappa shape index (κ1) is 23.7. The number of fused-ring (bicyclic) bond motifs is 1. The summed E-state index contributed by atoms with van der Waals surface area (Å²) in [5, 5.41) is 11.8. The van der Waals surface area contributed by atoms with Crippen molar-refractivity contribution >= 4 is 29.0 Å². The number of nitrogens with two attached hydrogens (primary N) is 1. The van der Waals surface area contributed by atoms with Crippen molar-refractivity contribution in [1.82, 2.24) is 24.3 Å². The molecule has 3 N–H and O–H groups in total. The highest BCUT2D eigenvalue weighted by molar-refractivity contribution is 6.04. The van der Waals surface area contributed by atoms with E-state index in [2.05, 4.69) is 21.9 Å². The number of nitrogens with zero attached hydrogens (tertiary/aromatic N) is 6. The summed E-state index contributed by atoms with van der Waals surface area (Å²) in [6, 6.07) is 11.8. The largest absolute Gasteiger partial charge is 0.382 e. The Bertz CT molecular complexity index is 1550. The zero-order valence-corrected chi connectivity index (χ0v) is 20.0. The minimum absolute atomic E-state index is 0.129. The van der Waals surface area contributed by atoms with Gasteiger partial charge in [0.25, 0.3) is 5.91 Å². The number of pyridine rings is 1. The number of imidazole rings is 1. The average molecular weight is 493 g/mol. The number of aromatic nitrogens is 4. The van der Waals surface area contributed by atoms with Crippen LogP contribution in [-0.2, 0) is 4.79 Å². The molecule has 1 saturated heterocycles. The number of rotatable bonds is 5. The number of hydrogen-bond donors (Lipinski definition) is 2. The van der Waals surface area contributed by atoms with E-state index in [0.717, 1.165) is 24.8 Å². The van der Waals surface area contributed by atoms with Gasteiger partial charge in [-0.2, -0.15) is 5.26 Å². The Morgan fingerprint density at radius 1 is 1.16 bits per heavy atom. The fourth-order valence-electron chi connectivity index (χ4n) is 4.64. The van der Waals surface area contributed by atoms with E-state index in [-0.39, 0.29) is 17.9 Å². The van der Waals surface area contributed by atoms with Gasteiger partial charge in [0.05, 0.1) is 17.7 Å². The van der Waals surface area contributed by atoms with Gasteiger partial charge >= 0.3 is 0 Å². The molecule has 0 bridgehead atoms. The van der Waals surface area contributed by atoms with Gasteiger partial charge in [0.2, 0.25) is 5.91 Å². The smallest absolute Gasteiger partial charge is 0.256 e. The summed E-state index contributed by atoms with van der Waals surface area (Å²) in [6.07, 6.45) is 8.89. The highest BCUT2D eigenvalue weighted by Gasteiger charge is 2.31. The first-order valence-electron chi connectivity index (χ1n) is 11.8. The number of carbonyl (C=O) groups excluding carboxylic acids is 2.